The Kier molecular flexibility index (Phi) is 5.77. The van der Waals surface area contributed by atoms with E-state index in [2.05, 4.69) is 33.1 Å². The highest BCUT2D eigenvalue weighted by molar-refractivity contribution is 4.79. The lowest BCUT2D eigenvalue weighted by Gasteiger charge is -2.27. The van der Waals surface area contributed by atoms with Gasteiger partial charge in [-0.2, -0.15) is 0 Å². The lowest BCUT2D eigenvalue weighted by molar-refractivity contribution is 0.0117. The van der Waals surface area contributed by atoms with E-state index in [1.807, 2.05) is 0 Å². The van der Waals surface area contributed by atoms with E-state index in [-0.39, 0.29) is 0 Å². The summed E-state index contributed by atoms with van der Waals surface area (Å²) < 4.78 is 6.08. The molecule has 2 heteroatoms. The number of hydrogen-bond acceptors (Lipinski definition) is 2. The first-order valence-corrected chi connectivity index (χ1v) is 6.82. The summed E-state index contributed by atoms with van der Waals surface area (Å²) in [4.78, 5) is 0. The Bertz CT molecular complexity index is 186. The van der Waals surface area contributed by atoms with Crippen molar-refractivity contribution in [3.8, 4) is 0 Å². The highest BCUT2D eigenvalue weighted by Gasteiger charge is 2.23. The summed E-state index contributed by atoms with van der Waals surface area (Å²) in [5.74, 6) is 0. The van der Waals surface area contributed by atoms with Crippen LogP contribution in [0.1, 0.15) is 59.3 Å². The van der Waals surface area contributed by atoms with Gasteiger partial charge in [0.05, 0.1) is 6.10 Å². The maximum absolute atomic E-state index is 6.08. The molecule has 0 aromatic carbocycles. The molecule has 1 aliphatic carbocycles. The van der Waals surface area contributed by atoms with Gasteiger partial charge in [-0.3, -0.25) is 0 Å². The van der Waals surface area contributed by atoms with E-state index in [0.717, 1.165) is 13.0 Å². The number of ether oxygens (including phenoxy) is 1. The molecule has 0 aromatic heterocycles. The Labute approximate surface area is 101 Å². The Balaban J connectivity index is 2.31. The maximum atomic E-state index is 6.08. The van der Waals surface area contributed by atoms with Gasteiger partial charge in [0.15, 0.2) is 0 Å². The lowest BCUT2D eigenvalue weighted by atomic mass is 9.93. The van der Waals surface area contributed by atoms with Crippen molar-refractivity contribution in [1.29, 1.82) is 0 Å². The van der Waals surface area contributed by atoms with Crippen LogP contribution in [0.3, 0.4) is 0 Å². The van der Waals surface area contributed by atoms with Crippen LogP contribution in [-0.2, 0) is 4.74 Å². The number of likely N-dealkylation sites (N-methyl/N-ethyl adjacent to an activating group) is 1. The molecule has 1 rings (SSSR count). The molecule has 0 heterocycles. The zero-order valence-electron chi connectivity index (χ0n) is 11.5. The third kappa shape index (κ3) is 5.31. The van der Waals surface area contributed by atoms with Gasteiger partial charge in [0.2, 0.25) is 0 Å². The number of hydrogen-bond donors (Lipinski definition) is 1. The summed E-state index contributed by atoms with van der Waals surface area (Å²) in [6.45, 7) is 7.74. The summed E-state index contributed by atoms with van der Waals surface area (Å²) in [6, 6.07) is 0.572. The molecule has 0 saturated heterocycles. The van der Waals surface area contributed by atoms with Gasteiger partial charge in [-0.15, -0.1) is 0 Å². The zero-order chi connectivity index (χ0) is 12.0. The molecule has 0 spiro atoms. The zero-order valence-corrected chi connectivity index (χ0v) is 11.5. The van der Waals surface area contributed by atoms with Crippen LogP contribution >= 0.6 is 0 Å². The monoisotopic (exact) mass is 227 g/mol. The molecule has 0 amide bonds. The molecule has 0 aliphatic heterocycles. The van der Waals surface area contributed by atoms with Gasteiger partial charge in [0.1, 0.15) is 0 Å². The average molecular weight is 227 g/mol. The van der Waals surface area contributed by atoms with Crippen molar-refractivity contribution in [2.75, 3.05) is 13.7 Å². The smallest absolute Gasteiger partial charge is 0.0727 e. The Morgan fingerprint density at radius 3 is 2.44 bits per heavy atom. The summed E-state index contributed by atoms with van der Waals surface area (Å²) in [6.07, 6.45) is 8.15. The first kappa shape index (κ1) is 14.0. The van der Waals surface area contributed by atoms with Crippen molar-refractivity contribution in [2.45, 2.75) is 71.4 Å². The van der Waals surface area contributed by atoms with Crippen molar-refractivity contribution in [1.82, 2.24) is 5.32 Å². The molecule has 1 fully saturated rings. The summed E-state index contributed by atoms with van der Waals surface area (Å²) >= 11 is 0. The normalized spacial score (nSPS) is 27.8. The minimum atomic E-state index is 0.389. The van der Waals surface area contributed by atoms with E-state index in [0.29, 0.717) is 17.6 Å². The molecule has 0 radical (unpaired) electrons. The standard InChI is InChI=1S/C14H29NO/c1-14(2,3)10-11-16-13-9-7-5-6-8-12(13)15-4/h12-13,15H,5-11H2,1-4H3. The third-order valence-corrected chi connectivity index (χ3v) is 3.51. The Morgan fingerprint density at radius 2 is 1.81 bits per heavy atom. The topological polar surface area (TPSA) is 21.3 Å². The molecule has 1 N–H and O–H groups in total. The van der Waals surface area contributed by atoms with Crippen molar-refractivity contribution in [3.63, 3.8) is 0 Å². The Hall–Kier alpha value is -0.0800. The fourth-order valence-electron chi connectivity index (χ4n) is 2.32. The molecule has 1 aliphatic rings. The van der Waals surface area contributed by atoms with E-state index in [1.165, 1.54) is 32.1 Å². The van der Waals surface area contributed by atoms with Gasteiger partial charge in [-0.1, -0.05) is 40.0 Å². The minimum Gasteiger partial charge on any atom is -0.377 e. The predicted molar refractivity (Wildman–Crippen MR) is 69.7 cm³/mol. The average Bonchev–Trinajstić information content (AvgIpc) is 2.41. The molecule has 96 valence electrons. The first-order chi connectivity index (χ1) is 7.53. The molecule has 2 unspecified atom stereocenters. The van der Waals surface area contributed by atoms with Gasteiger partial charge in [0, 0.05) is 12.6 Å². The number of rotatable bonds is 4. The van der Waals surface area contributed by atoms with E-state index in [4.69, 9.17) is 4.74 Å². The largest absolute Gasteiger partial charge is 0.377 e. The van der Waals surface area contributed by atoms with Gasteiger partial charge in [0.25, 0.3) is 0 Å². The maximum Gasteiger partial charge on any atom is 0.0727 e. The van der Waals surface area contributed by atoms with Gasteiger partial charge in [-0.25, -0.2) is 0 Å². The van der Waals surface area contributed by atoms with Crippen LogP contribution in [0.5, 0.6) is 0 Å². The summed E-state index contributed by atoms with van der Waals surface area (Å²) in [5, 5.41) is 3.42. The highest BCUT2D eigenvalue weighted by atomic mass is 16.5. The van der Waals surface area contributed by atoms with Crippen molar-refractivity contribution in [2.24, 2.45) is 5.41 Å². The molecule has 16 heavy (non-hydrogen) atoms. The molecule has 0 bridgehead atoms. The highest BCUT2D eigenvalue weighted by Crippen LogP contribution is 2.23. The predicted octanol–water partition coefficient (Wildman–Crippen LogP) is 3.36. The summed E-state index contributed by atoms with van der Waals surface area (Å²) in [7, 11) is 2.07. The molecule has 2 atom stereocenters. The molecular formula is C14H29NO. The molecule has 1 saturated carbocycles. The fraction of sp³-hybridized carbons (Fsp3) is 1.00. The lowest BCUT2D eigenvalue weighted by Crippen LogP contribution is -2.39. The van der Waals surface area contributed by atoms with Crippen LogP contribution < -0.4 is 5.32 Å². The summed E-state index contributed by atoms with van der Waals surface area (Å²) in [5.41, 5.74) is 0.389. The van der Waals surface area contributed by atoms with Crippen LogP contribution in [0, 0.1) is 5.41 Å². The van der Waals surface area contributed by atoms with Crippen LogP contribution in [0.4, 0.5) is 0 Å². The number of nitrogens with one attached hydrogen (secondary N) is 1. The first-order valence-electron chi connectivity index (χ1n) is 6.82. The second-order valence-electron chi connectivity index (χ2n) is 6.25. The van der Waals surface area contributed by atoms with Gasteiger partial charge < -0.3 is 10.1 Å². The quantitative estimate of drug-likeness (QED) is 0.744. The molecular weight excluding hydrogens is 198 g/mol. The van der Waals surface area contributed by atoms with Crippen LogP contribution in [0.25, 0.3) is 0 Å². The van der Waals surface area contributed by atoms with E-state index >= 15 is 0 Å². The van der Waals surface area contributed by atoms with Crippen molar-refractivity contribution in [3.05, 3.63) is 0 Å². The van der Waals surface area contributed by atoms with Crippen molar-refractivity contribution >= 4 is 0 Å². The van der Waals surface area contributed by atoms with E-state index < -0.39 is 0 Å². The van der Waals surface area contributed by atoms with E-state index in [1.54, 1.807) is 0 Å². The minimum absolute atomic E-state index is 0.389. The second kappa shape index (κ2) is 6.61. The third-order valence-electron chi connectivity index (χ3n) is 3.51. The van der Waals surface area contributed by atoms with E-state index in [9.17, 15) is 0 Å². The molecule has 0 aromatic rings. The SMILES string of the molecule is CNC1CCCCCC1OCCC(C)(C)C. The van der Waals surface area contributed by atoms with Crippen LogP contribution in [0.2, 0.25) is 0 Å². The Morgan fingerprint density at radius 1 is 1.12 bits per heavy atom. The fourth-order valence-corrected chi connectivity index (χ4v) is 2.32. The van der Waals surface area contributed by atoms with Gasteiger partial charge >= 0.3 is 0 Å². The van der Waals surface area contributed by atoms with Crippen LogP contribution in [-0.4, -0.2) is 25.8 Å². The van der Waals surface area contributed by atoms with Crippen LogP contribution in [0.15, 0.2) is 0 Å². The second-order valence-corrected chi connectivity index (χ2v) is 6.25. The van der Waals surface area contributed by atoms with Crippen molar-refractivity contribution < 1.29 is 4.74 Å². The van der Waals surface area contributed by atoms with Gasteiger partial charge in [-0.05, 0) is 31.7 Å². The molecule has 2 nitrogen and oxygen atoms in total.